The molecule has 4 aliphatic rings. The van der Waals surface area contributed by atoms with Crippen molar-refractivity contribution in [1.82, 2.24) is 9.47 Å². The Bertz CT molecular complexity index is 1010. The highest BCUT2D eigenvalue weighted by Gasteiger charge is 2.59. The topological polar surface area (TPSA) is 67.5 Å². The van der Waals surface area contributed by atoms with Gasteiger partial charge in [-0.3, -0.25) is 9.36 Å². The lowest BCUT2D eigenvalue weighted by Crippen LogP contribution is -2.57. The Morgan fingerprint density at radius 2 is 2.00 bits per heavy atom. The molecule has 1 heterocycles. The number of benzene rings is 1. The minimum absolute atomic E-state index is 0.139. The summed E-state index contributed by atoms with van der Waals surface area (Å²) in [7, 11) is 3.95. The zero-order valence-electron chi connectivity index (χ0n) is 17.0. The number of nitrogens with zero attached hydrogens (tertiary/aromatic N) is 2. The van der Waals surface area contributed by atoms with Crippen LogP contribution in [0.15, 0.2) is 27.4 Å². The van der Waals surface area contributed by atoms with Gasteiger partial charge in [-0.25, -0.2) is 4.79 Å². The van der Waals surface area contributed by atoms with Crippen LogP contribution in [0, 0.1) is 17.3 Å². The van der Waals surface area contributed by atoms with Crippen LogP contribution in [0.5, 0.6) is 0 Å². The predicted octanol–water partition coefficient (Wildman–Crippen LogP) is 3.83. The third-order valence-electron chi connectivity index (χ3n) is 7.17. The van der Waals surface area contributed by atoms with Gasteiger partial charge in [-0.05, 0) is 82.7 Å². The first-order valence-corrected chi connectivity index (χ1v) is 11.3. The van der Waals surface area contributed by atoms with E-state index in [0.717, 1.165) is 37.0 Å². The molecule has 0 aliphatic heterocycles. The highest BCUT2D eigenvalue weighted by atomic mass is 79.9. The summed E-state index contributed by atoms with van der Waals surface area (Å²) in [5.41, 5.74) is 1.77. The zero-order valence-corrected chi connectivity index (χ0v) is 18.6. The van der Waals surface area contributed by atoms with Crippen LogP contribution in [0.1, 0.15) is 38.5 Å². The Morgan fingerprint density at radius 1 is 1.28 bits per heavy atom. The maximum absolute atomic E-state index is 13.4. The van der Waals surface area contributed by atoms with Gasteiger partial charge in [0.05, 0.1) is 10.9 Å². The highest BCUT2D eigenvalue weighted by molar-refractivity contribution is 9.10. The first-order chi connectivity index (χ1) is 13.8. The maximum Gasteiger partial charge on any atom is 0.419 e. The van der Waals surface area contributed by atoms with Gasteiger partial charge in [0, 0.05) is 23.1 Å². The fourth-order valence-electron chi connectivity index (χ4n) is 6.33. The summed E-state index contributed by atoms with van der Waals surface area (Å²) in [5.74, 6) is 1.11. The van der Waals surface area contributed by atoms with E-state index in [4.69, 9.17) is 4.42 Å². The molecule has 4 saturated carbocycles. The van der Waals surface area contributed by atoms with E-state index < -0.39 is 0 Å². The Hall–Kier alpha value is -1.60. The standard InChI is InChI=1S/C22H28BrN3O3/c1-25(2)5-6-26-17-8-16(3-4-18(17)29-20(26)28)24-19(27)21-9-14-7-15(10-21)12-22(23,11-14)13-21/h3-4,8,14-15H,5-7,9-13H2,1-2H3,(H,24,27). The smallest absolute Gasteiger partial charge is 0.408 e. The summed E-state index contributed by atoms with van der Waals surface area (Å²) in [6, 6.07) is 5.49. The molecule has 1 aromatic heterocycles. The summed E-state index contributed by atoms with van der Waals surface area (Å²) in [6.07, 6.45) is 6.63. The second-order valence-corrected chi connectivity index (χ2v) is 11.5. The fraction of sp³-hybridized carbons (Fsp3) is 0.636. The van der Waals surface area contributed by atoms with Gasteiger partial charge in [0.15, 0.2) is 5.58 Å². The van der Waals surface area contributed by atoms with Gasteiger partial charge in [0.25, 0.3) is 0 Å². The average molecular weight is 462 g/mol. The van der Waals surface area contributed by atoms with Crippen LogP contribution in [0.2, 0.25) is 0 Å². The van der Waals surface area contributed by atoms with E-state index in [9.17, 15) is 9.59 Å². The normalized spacial score (nSPS) is 33.0. The molecule has 4 bridgehead atoms. The third kappa shape index (κ3) is 3.36. The number of amides is 1. The number of halogens is 1. The second-order valence-electron chi connectivity index (χ2n) is 9.85. The van der Waals surface area contributed by atoms with E-state index >= 15 is 0 Å². The molecule has 1 amide bonds. The fourth-order valence-corrected chi connectivity index (χ4v) is 7.78. The molecule has 2 unspecified atom stereocenters. The average Bonchev–Trinajstić information content (AvgIpc) is 2.92. The van der Waals surface area contributed by atoms with E-state index in [-0.39, 0.29) is 21.4 Å². The first kappa shape index (κ1) is 19.4. The number of alkyl halides is 1. The number of oxazole rings is 1. The molecule has 4 fully saturated rings. The van der Waals surface area contributed by atoms with E-state index in [1.807, 2.05) is 31.1 Å². The van der Waals surface area contributed by atoms with Crippen molar-refractivity contribution in [1.29, 1.82) is 0 Å². The van der Waals surface area contributed by atoms with Crippen LogP contribution in [0.25, 0.3) is 11.1 Å². The summed E-state index contributed by atoms with van der Waals surface area (Å²) in [4.78, 5) is 27.7. The van der Waals surface area contributed by atoms with Crippen molar-refractivity contribution in [3.63, 3.8) is 0 Å². The molecular formula is C22H28BrN3O3. The molecule has 1 aromatic carbocycles. The lowest BCUT2D eigenvalue weighted by molar-refractivity contribution is -0.138. The number of fused-ring (bicyclic) bond motifs is 1. The lowest BCUT2D eigenvalue weighted by Gasteiger charge is -2.59. The number of carbonyl (C=O) groups excluding carboxylic acids is 1. The van der Waals surface area contributed by atoms with Crippen molar-refractivity contribution in [3.05, 3.63) is 28.7 Å². The van der Waals surface area contributed by atoms with Crippen LogP contribution >= 0.6 is 15.9 Å². The molecule has 0 spiro atoms. The molecule has 6 rings (SSSR count). The maximum atomic E-state index is 13.4. The lowest BCUT2D eigenvalue weighted by atomic mass is 9.49. The van der Waals surface area contributed by atoms with Gasteiger partial charge in [-0.1, -0.05) is 15.9 Å². The predicted molar refractivity (Wildman–Crippen MR) is 116 cm³/mol. The largest absolute Gasteiger partial charge is 0.419 e. The van der Waals surface area contributed by atoms with Crippen molar-refractivity contribution in [3.8, 4) is 0 Å². The Labute approximate surface area is 178 Å². The number of aromatic nitrogens is 1. The number of anilines is 1. The molecule has 0 saturated heterocycles. The zero-order chi connectivity index (χ0) is 20.4. The Balaban J connectivity index is 1.41. The number of likely N-dealkylation sites (N-methyl/N-ethyl adjacent to an activating group) is 1. The summed E-state index contributed by atoms with van der Waals surface area (Å²) in [5, 5.41) is 3.18. The van der Waals surface area contributed by atoms with Gasteiger partial charge in [0.2, 0.25) is 5.91 Å². The van der Waals surface area contributed by atoms with Crippen molar-refractivity contribution in [2.75, 3.05) is 26.0 Å². The molecular weight excluding hydrogens is 434 g/mol. The molecule has 156 valence electrons. The van der Waals surface area contributed by atoms with Crippen LogP contribution < -0.4 is 11.1 Å². The van der Waals surface area contributed by atoms with Crippen LogP contribution in [0.4, 0.5) is 5.69 Å². The monoisotopic (exact) mass is 461 g/mol. The molecule has 1 N–H and O–H groups in total. The summed E-state index contributed by atoms with van der Waals surface area (Å²) >= 11 is 3.99. The summed E-state index contributed by atoms with van der Waals surface area (Å²) < 4.78 is 7.17. The number of hydrogen-bond acceptors (Lipinski definition) is 4. The molecule has 2 aromatic rings. The van der Waals surface area contributed by atoms with E-state index in [1.165, 1.54) is 19.3 Å². The van der Waals surface area contributed by atoms with Crippen molar-refractivity contribution < 1.29 is 9.21 Å². The van der Waals surface area contributed by atoms with Crippen molar-refractivity contribution >= 4 is 38.6 Å². The van der Waals surface area contributed by atoms with Crippen molar-refractivity contribution in [2.45, 2.75) is 49.4 Å². The van der Waals surface area contributed by atoms with Crippen LogP contribution in [-0.2, 0) is 11.3 Å². The van der Waals surface area contributed by atoms with E-state index in [0.29, 0.717) is 24.0 Å². The first-order valence-electron chi connectivity index (χ1n) is 10.5. The molecule has 6 nitrogen and oxygen atoms in total. The van der Waals surface area contributed by atoms with Gasteiger partial charge in [0.1, 0.15) is 0 Å². The number of nitrogens with one attached hydrogen (secondary N) is 1. The molecule has 2 atom stereocenters. The summed E-state index contributed by atoms with van der Waals surface area (Å²) in [6.45, 7) is 1.29. The molecule has 7 heteroatoms. The van der Waals surface area contributed by atoms with E-state index in [1.54, 1.807) is 10.6 Å². The Morgan fingerprint density at radius 3 is 2.66 bits per heavy atom. The SMILES string of the molecule is CN(C)CCn1c(=O)oc2ccc(NC(=O)C34CC5CC(CC(Br)(C5)C3)C4)cc21. The molecule has 4 aliphatic carbocycles. The molecule has 0 radical (unpaired) electrons. The van der Waals surface area contributed by atoms with E-state index in [2.05, 4.69) is 21.2 Å². The van der Waals surface area contributed by atoms with Gasteiger partial charge >= 0.3 is 5.76 Å². The molecule has 29 heavy (non-hydrogen) atoms. The Kier molecular flexibility index (Phi) is 4.48. The number of hydrogen-bond donors (Lipinski definition) is 1. The number of rotatable bonds is 5. The van der Waals surface area contributed by atoms with Crippen LogP contribution in [-0.4, -0.2) is 40.3 Å². The highest BCUT2D eigenvalue weighted by Crippen LogP contribution is 2.64. The van der Waals surface area contributed by atoms with Gasteiger partial charge < -0.3 is 14.6 Å². The van der Waals surface area contributed by atoms with Crippen LogP contribution in [0.3, 0.4) is 0 Å². The van der Waals surface area contributed by atoms with Crippen molar-refractivity contribution in [2.24, 2.45) is 17.3 Å². The minimum Gasteiger partial charge on any atom is -0.408 e. The quantitative estimate of drug-likeness (QED) is 0.686. The third-order valence-corrected chi connectivity index (χ3v) is 8.10. The van der Waals surface area contributed by atoms with Gasteiger partial charge in [-0.2, -0.15) is 0 Å². The van der Waals surface area contributed by atoms with Gasteiger partial charge in [-0.15, -0.1) is 0 Å². The minimum atomic E-state index is -0.354. The second kappa shape index (κ2) is 6.71. The number of carbonyl (C=O) groups is 1.